The third-order valence-corrected chi connectivity index (χ3v) is 5.63. The van der Waals surface area contributed by atoms with Gasteiger partial charge in [0, 0.05) is 19.5 Å². The number of hydrogen-bond acceptors (Lipinski definition) is 4. The summed E-state index contributed by atoms with van der Waals surface area (Å²) in [5.74, 6) is -0.314. The number of aliphatic hydroxyl groups is 1. The first-order valence-corrected chi connectivity index (χ1v) is 9.84. The predicted octanol–water partition coefficient (Wildman–Crippen LogP) is 2.08. The van der Waals surface area contributed by atoms with Crippen LogP contribution in [0.15, 0.2) is 59.5 Å². The van der Waals surface area contributed by atoms with Gasteiger partial charge in [0.1, 0.15) is 0 Å². The molecule has 0 radical (unpaired) electrons. The fourth-order valence-electron chi connectivity index (χ4n) is 2.37. The Bertz CT molecular complexity index is 818. The fraction of sp³-hybridized carbons (Fsp3) is 0.316. The minimum atomic E-state index is -3.79. The lowest BCUT2D eigenvalue weighted by atomic mass is 10.2. The molecule has 0 saturated carbocycles. The number of nitrogens with zero attached hydrogens (tertiary/aromatic N) is 1. The highest BCUT2D eigenvalue weighted by Crippen LogP contribution is 2.24. The van der Waals surface area contributed by atoms with Crippen LogP contribution >= 0.6 is 0 Å². The number of aliphatic hydroxyl groups excluding tert-OH is 1. The van der Waals surface area contributed by atoms with Gasteiger partial charge in [-0.3, -0.25) is 9.10 Å². The molecular weight excluding hydrogens is 352 g/mol. The molecule has 2 aromatic carbocycles. The lowest BCUT2D eigenvalue weighted by Gasteiger charge is -2.24. The van der Waals surface area contributed by atoms with Crippen molar-refractivity contribution in [1.82, 2.24) is 5.32 Å². The summed E-state index contributed by atoms with van der Waals surface area (Å²) < 4.78 is 27.4. The van der Waals surface area contributed by atoms with Crippen LogP contribution in [0.25, 0.3) is 0 Å². The van der Waals surface area contributed by atoms with Crippen LogP contribution in [0.4, 0.5) is 5.69 Å². The highest BCUT2D eigenvalue weighted by molar-refractivity contribution is 7.92. The Hall–Kier alpha value is -2.38. The highest BCUT2D eigenvalue weighted by atomic mass is 32.2. The van der Waals surface area contributed by atoms with E-state index in [1.165, 1.54) is 4.31 Å². The van der Waals surface area contributed by atoms with Crippen molar-refractivity contribution in [2.45, 2.75) is 31.3 Å². The molecule has 0 saturated heterocycles. The van der Waals surface area contributed by atoms with Gasteiger partial charge in [0.15, 0.2) is 0 Å². The zero-order valence-corrected chi connectivity index (χ0v) is 15.7. The summed E-state index contributed by atoms with van der Waals surface area (Å²) in [6.07, 6.45) is -0.660. The lowest BCUT2D eigenvalue weighted by Crippen LogP contribution is -2.37. The fourth-order valence-corrected chi connectivity index (χ4v) is 3.84. The van der Waals surface area contributed by atoms with Gasteiger partial charge in [-0.2, -0.15) is 0 Å². The van der Waals surface area contributed by atoms with E-state index in [1.54, 1.807) is 61.5 Å². The number of sulfonamides is 1. The van der Waals surface area contributed by atoms with Crippen molar-refractivity contribution >= 4 is 21.6 Å². The first-order valence-electron chi connectivity index (χ1n) is 8.40. The molecule has 0 fully saturated rings. The minimum absolute atomic E-state index is 0.00582. The topological polar surface area (TPSA) is 86.7 Å². The molecule has 26 heavy (non-hydrogen) atoms. The van der Waals surface area contributed by atoms with Crippen molar-refractivity contribution < 1.29 is 18.3 Å². The Morgan fingerprint density at radius 1 is 1.12 bits per heavy atom. The van der Waals surface area contributed by atoms with Gasteiger partial charge in [0.2, 0.25) is 5.91 Å². The molecule has 0 bridgehead atoms. The molecule has 0 aliphatic carbocycles. The molecule has 1 atom stereocenters. The van der Waals surface area contributed by atoms with Crippen LogP contribution in [-0.2, 0) is 14.8 Å². The first-order chi connectivity index (χ1) is 12.3. The van der Waals surface area contributed by atoms with Gasteiger partial charge in [-0.15, -0.1) is 0 Å². The molecule has 0 heterocycles. The second-order valence-corrected chi connectivity index (χ2v) is 7.99. The summed E-state index contributed by atoms with van der Waals surface area (Å²) in [6.45, 7) is 3.59. The molecule has 0 aromatic heterocycles. The van der Waals surface area contributed by atoms with E-state index in [0.717, 1.165) is 5.56 Å². The number of carbonyl (C=O) groups is 1. The molecule has 2 rings (SSSR count). The molecule has 0 spiro atoms. The number of nitrogens with one attached hydrogen (secondary N) is 1. The number of para-hydroxylation sites is 1. The number of rotatable bonds is 8. The van der Waals surface area contributed by atoms with Crippen LogP contribution in [0.3, 0.4) is 0 Å². The summed E-state index contributed by atoms with van der Waals surface area (Å²) >= 11 is 0. The van der Waals surface area contributed by atoms with Gasteiger partial charge < -0.3 is 10.4 Å². The van der Waals surface area contributed by atoms with Gasteiger partial charge in [-0.05, 0) is 38.1 Å². The Morgan fingerprint density at radius 2 is 1.73 bits per heavy atom. The van der Waals surface area contributed by atoms with Gasteiger partial charge in [-0.25, -0.2) is 8.42 Å². The van der Waals surface area contributed by atoms with Gasteiger partial charge >= 0.3 is 0 Å². The van der Waals surface area contributed by atoms with Crippen LogP contribution in [-0.4, -0.2) is 38.6 Å². The van der Waals surface area contributed by atoms with E-state index in [4.69, 9.17) is 0 Å². The third kappa shape index (κ3) is 5.31. The van der Waals surface area contributed by atoms with E-state index in [2.05, 4.69) is 5.32 Å². The Balaban J connectivity index is 2.24. The summed E-state index contributed by atoms with van der Waals surface area (Å²) in [6, 6.07) is 15.3. The summed E-state index contributed by atoms with van der Waals surface area (Å²) in [4.78, 5) is 12.1. The van der Waals surface area contributed by atoms with Crippen molar-refractivity contribution in [2.75, 3.05) is 17.4 Å². The van der Waals surface area contributed by atoms with Gasteiger partial charge in [0.05, 0.1) is 16.7 Å². The molecule has 6 nitrogen and oxygen atoms in total. The number of amides is 1. The van der Waals surface area contributed by atoms with Gasteiger partial charge in [-0.1, -0.05) is 35.9 Å². The number of benzene rings is 2. The van der Waals surface area contributed by atoms with Crippen molar-refractivity contribution in [2.24, 2.45) is 0 Å². The summed E-state index contributed by atoms with van der Waals surface area (Å²) in [7, 11) is -3.79. The number of aryl methyl sites for hydroxylation is 1. The number of anilines is 1. The van der Waals surface area contributed by atoms with Crippen molar-refractivity contribution in [1.29, 1.82) is 0 Å². The van der Waals surface area contributed by atoms with E-state index in [1.807, 2.05) is 6.92 Å². The maximum atomic E-state index is 13.1. The average Bonchev–Trinajstić information content (AvgIpc) is 2.61. The molecular formula is C19H24N2O4S. The largest absolute Gasteiger partial charge is 0.392 e. The Morgan fingerprint density at radius 3 is 2.31 bits per heavy atom. The number of carbonyl (C=O) groups excluding carboxylic acids is 1. The second kappa shape index (κ2) is 8.82. The van der Waals surface area contributed by atoms with E-state index in [0.29, 0.717) is 5.69 Å². The first kappa shape index (κ1) is 19.9. The SMILES string of the molecule is Cc1ccc(S(=O)(=O)N(CCC(=O)NCC(C)O)c2ccccc2)cc1. The van der Waals surface area contributed by atoms with Crippen molar-refractivity contribution in [3.05, 3.63) is 60.2 Å². The average molecular weight is 376 g/mol. The quantitative estimate of drug-likeness (QED) is 0.738. The summed E-state index contributed by atoms with van der Waals surface area (Å²) in [5.41, 5.74) is 1.46. The van der Waals surface area contributed by atoms with E-state index in [-0.39, 0.29) is 30.3 Å². The molecule has 7 heteroatoms. The van der Waals surface area contributed by atoms with Crippen LogP contribution in [0.1, 0.15) is 18.9 Å². The zero-order chi connectivity index (χ0) is 19.2. The normalized spacial score (nSPS) is 12.4. The zero-order valence-electron chi connectivity index (χ0n) is 14.9. The molecule has 0 aliphatic rings. The van der Waals surface area contributed by atoms with Crippen LogP contribution in [0.2, 0.25) is 0 Å². The Labute approximate surface area is 154 Å². The second-order valence-electron chi connectivity index (χ2n) is 6.13. The van der Waals surface area contributed by atoms with Crippen LogP contribution in [0, 0.1) is 6.92 Å². The minimum Gasteiger partial charge on any atom is -0.392 e. The third-order valence-electron chi connectivity index (χ3n) is 3.79. The monoisotopic (exact) mass is 376 g/mol. The molecule has 1 unspecified atom stereocenters. The standard InChI is InChI=1S/C19H24N2O4S/c1-15-8-10-18(11-9-15)26(24,25)21(17-6-4-3-5-7-17)13-12-19(23)20-14-16(2)22/h3-11,16,22H,12-14H2,1-2H3,(H,20,23). The molecule has 2 N–H and O–H groups in total. The van der Waals surface area contributed by atoms with E-state index in [9.17, 15) is 18.3 Å². The predicted molar refractivity (Wildman–Crippen MR) is 101 cm³/mol. The van der Waals surface area contributed by atoms with Crippen molar-refractivity contribution in [3.63, 3.8) is 0 Å². The Kier molecular flexibility index (Phi) is 6.76. The van der Waals surface area contributed by atoms with E-state index < -0.39 is 16.1 Å². The molecule has 0 aliphatic heterocycles. The molecule has 140 valence electrons. The molecule has 2 aromatic rings. The van der Waals surface area contributed by atoms with Crippen LogP contribution < -0.4 is 9.62 Å². The molecule has 1 amide bonds. The highest BCUT2D eigenvalue weighted by Gasteiger charge is 2.25. The van der Waals surface area contributed by atoms with Gasteiger partial charge in [0.25, 0.3) is 10.0 Å². The van der Waals surface area contributed by atoms with Crippen LogP contribution in [0.5, 0.6) is 0 Å². The summed E-state index contributed by atoms with van der Waals surface area (Å²) in [5, 5.41) is 11.8. The maximum absolute atomic E-state index is 13.1. The van der Waals surface area contributed by atoms with E-state index >= 15 is 0 Å². The number of hydrogen-bond donors (Lipinski definition) is 2. The lowest BCUT2D eigenvalue weighted by molar-refractivity contribution is -0.121. The van der Waals surface area contributed by atoms with Crippen molar-refractivity contribution in [3.8, 4) is 0 Å². The smallest absolute Gasteiger partial charge is 0.264 e. The maximum Gasteiger partial charge on any atom is 0.264 e.